The molecule has 124 valence electrons. The molecule has 0 aromatic rings. The Morgan fingerprint density at radius 2 is 1.91 bits per heavy atom. The Bertz CT molecular complexity index is 628. The lowest BCUT2D eigenvalue weighted by Crippen LogP contribution is -2.49. The Hall–Kier alpha value is -1.18. The molecule has 2 fully saturated rings. The summed E-state index contributed by atoms with van der Waals surface area (Å²) in [5, 5.41) is 0. The van der Waals surface area contributed by atoms with E-state index in [4.69, 9.17) is 0 Å². The standard InChI is InChI=1S/C21H28O2/c1-13(22)17-6-7-18-16-5-4-14-12-15(23)8-10-20(14,2)19(16)9-11-21(17,18)3/h4-5,12,16-19H,6-11H2,1-3H3/t16?,17-,18+,19-,20-,21-/m1/s1. The first-order chi connectivity index (χ1) is 10.9. The maximum absolute atomic E-state index is 12.1. The largest absolute Gasteiger partial charge is 0.300 e. The fourth-order valence-corrected chi connectivity index (χ4v) is 6.66. The topological polar surface area (TPSA) is 34.1 Å². The normalized spacial score (nSPS) is 48.3. The molecule has 6 atom stereocenters. The van der Waals surface area contributed by atoms with Crippen LogP contribution in [0.3, 0.4) is 0 Å². The summed E-state index contributed by atoms with van der Waals surface area (Å²) in [5.41, 5.74) is 1.63. The molecular weight excluding hydrogens is 284 g/mol. The molecule has 2 saturated carbocycles. The molecular formula is C21H28O2. The average Bonchev–Trinajstić information content (AvgIpc) is 2.85. The average molecular weight is 312 g/mol. The van der Waals surface area contributed by atoms with E-state index >= 15 is 0 Å². The molecule has 0 amide bonds. The van der Waals surface area contributed by atoms with Crippen LogP contribution in [0.5, 0.6) is 0 Å². The zero-order valence-corrected chi connectivity index (χ0v) is 14.6. The highest BCUT2D eigenvalue weighted by Gasteiger charge is 2.58. The van der Waals surface area contributed by atoms with Crippen LogP contribution in [0.15, 0.2) is 23.8 Å². The first-order valence-corrected chi connectivity index (χ1v) is 9.30. The van der Waals surface area contributed by atoms with Crippen LogP contribution in [-0.4, -0.2) is 11.6 Å². The van der Waals surface area contributed by atoms with Crippen LogP contribution in [0.4, 0.5) is 0 Å². The molecule has 0 aliphatic heterocycles. The van der Waals surface area contributed by atoms with E-state index in [2.05, 4.69) is 26.0 Å². The molecule has 1 unspecified atom stereocenters. The predicted molar refractivity (Wildman–Crippen MR) is 90.8 cm³/mol. The van der Waals surface area contributed by atoms with Gasteiger partial charge in [0.25, 0.3) is 0 Å². The van der Waals surface area contributed by atoms with Crippen molar-refractivity contribution >= 4 is 11.6 Å². The summed E-state index contributed by atoms with van der Waals surface area (Å²) in [6, 6.07) is 0. The van der Waals surface area contributed by atoms with Gasteiger partial charge in [-0.25, -0.2) is 0 Å². The van der Waals surface area contributed by atoms with E-state index in [-0.39, 0.29) is 16.7 Å². The van der Waals surface area contributed by atoms with Crippen LogP contribution < -0.4 is 0 Å². The second-order valence-corrected chi connectivity index (χ2v) is 8.92. The fraction of sp³-hybridized carbons (Fsp3) is 0.714. The van der Waals surface area contributed by atoms with Gasteiger partial charge in [0.05, 0.1) is 0 Å². The SMILES string of the molecule is CC(=O)[C@H]1CC[C@H]2C3C=CC4=CC(=O)CC[C@@]4(C)[C@@H]3CC[C@]12C. The van der Waals surface area contributed by atoms with Gasteiger partial charge in [-0.05, 0) is 79.3 Å². The molecule has 0 bridgehead atoms. The van der Waals surface area contributed by atoms with Gasteiger partial charge in [0.2, 0.25) is 0 Å². The van der Waals surface area contributed by atoms with Gasteiger partial charge in [0.15, 0.2) is 5.78 Å². The third-order valence-corrected chi connectivity index (χ3v) is 8.01. The van der Waals surface area contributed by atoms with Crippen molar-refractivity contribution in [1.29, 1.82) is 0 Å². The van der Waals surface area contributed by atoms with E-state index < -0.39 is 0 Å². The lowest BCUT2D eigenvalue weighted by Gasteiger charge is -2.55. The van der Waals surface area contributed by atoms with Crippen molar-refractivity contribution in [2.75, 3.05) is 0 Å². The lowest BCUT2D eigenvalue weighted by molar-refractivity contribution is -0.127. The second-order valence-electron chi connectivity index (χ2n) is 8.92. The second kappa shape index (κ2) is 4.91. The quantitative estimate of drug-likeness (QED) is 0.714. The molecule has 0 aromatic heterocycles. The van der Waals surface area contributed by atoms with Gasteiger partial charge in [0, 0.05) is 12.3 Å². The monoisotopic (exact) mass is 312 g/mol. The molecule has 4 rings (SSSR count). The number of carbonyl (C=O) groups excluding carboxylic acids is 2. The Balaban J connectivity index is 1.72. The number of Topliss-reactive ketones (excluding diaryl/α,β-unsaturated/α-hetero) is 1. The van der Waals surface area contributed by atoms with Gasteiger partial charge < -0.3 is 0 Å². The van der Waals surface area contributed by atoms with Crippen molar-refractivity contribution in [3.05, 3.63) is 23.8 Å². The molecule has 0 heterocycles. The summed E-state index contributed by atoms with van der Waals surface area (Å²) in [5.74, 6) is 2.83. The fourth-order valence-electron chi connectivity index (χ4n) is 6.66. The highest BCUT2D eigenvalue weighted by molar-refractivity contribution is 5.92. The van der Waals surface area contributed by atoms with Crippen molar-refractivity contribution in [2.45, 2.75) is 59.3 Å². The Labute approximate surface area is 139 Å². The molecule has 0 saturated heterocycles. The van der Waals surface area contributed by atoms with Gasteiger partial charge in [-0.2, -0.15) is 0 Å². The number of fused-ring (bicyclic) bond motifs is 5. The first-order valence-electron chi connectivity index (χ1n) is 9.30. The van der Waals surface area contributed by atoms with Gasteiger partial charge in [0.1, 0.15) is 5.78 Å². The summed E-state index contributed by atoms with van der Waals surface area (Å²) in [6.07, 6.45) is 12.9. The van der Waals surface area contributed by atoms with E-state index in [1.165, 1.54) is 24.8 Å². The third-order valence-electron chi connectivity index (χ3n) is 8.01. The van der Waals surface area contributed by atoms with Crippen molar-refractivity contribution in [3.63, 3.8) is 0 Å². The summed E-state index contributed by atoms with van der Waals surface area (Å²) in [4.78, 5) is 24.0. The number of hydrogen-bond acceptors (Lipinski definition) is 2. The van der Waals surface area contributed by atoms with Crippen LogP contribution in [-0.2, 0) is 9.59 Å². The molecule has 0 radical (unpaired) electrons. The third kappa shape index (κ3) is 1.99. The number of hydrogen-bond donors (Lipinski definition) is 0. The zero-order valence-electron chi connectivity index (χ0n) is 14.6. The van der Waals surface area contributed by atoms with Crippen LogP contribution in [0.25, 0.3) is 0 Å². The molecule has 23 heavy (non-hydrogen) atoms. The highest BCUT2D eigenvalue weighted by atomic mass is 16.1. The van der Waals surface area contributed by atoms with E-state index in [0.717, 1.165) is 12.8 Å². The minimum absolute atomic E-state index is 0.170. The van der Waals surface area contributed by atoms with E-state index in [1.807, 2.05) is 6.08 Å². The van der Waals surface area contributed by atoms with Gasteiger partial charge >= 0.3 is 0 Å². The van der Waals surface area contributed by atoms with E-state index in [9.17, 15) is 9.59 Å². The first kappa shape index (κ1) is 15.4. The Morgan fingerprint density at radius 1 is 1.13 bits per heavy atom. The predicted octanol–water partition coefficient (Wildman–Crippen LogP) is 4.50. The van der Waals surface area contributed by atoms with Crippen molar-refractivity contribution < 1.29 is 9.59 Å². The van der Waals surface area contributed by atoms with Crippen molar-refractivity contribution in [1.82, 2.24) is 0 Å². The number of carbonyl (C=O) groups is 2. The molecule has 0 N–H and O–H groups in total. The Kier molecular flexibility index (Phi) is 3.28. The minimum Gasteiger partial charge on any atom is -0.300 e. The smallest absolute Gasteiger partial charge is 0.156 e. The van der Waals surface area contributed by atoms with E-state index in [1.54, 1.807) is 6.92 Å². The van der Waals surface area contributed by atoms with Gasteiger partial charge in [-0.15, -0.1) is 0 Å². The minimum atomic E-state index is 0.170. The molecule has 4 aliphatic rings. The molecule has 0 spiro atoms. The molecule has 0 aromatic carbocycles. The van der Waals surface area contributed by atoms with Crippen LogP contribution in [0.1, 0.15) is 59.3 Å². The van der Waals surface area contributed by atoms with Crippen LogP contribution in [0.2, 0.25) is 0 Å². The van der Waals surface area contributed by atoms with Crippen molar-refractivity contribution in [3.8, 4) is 0 Å². The molecule has 2 nitrogen and oxygen atoms in total. The highest BCUT2D eigenvalue weighted by Crippen LogP contribution is 2.65. The maximum atomic E-state index is 12.1. The summed E-state index contributed by atoms with van der Waals surface area (Å²) < 4.78 is 0. The summed E-state index contributed by atoms with van der Waals surface area (Å²) >= 11 is 0. The number of ketones is 2. The van der Waals surface area contributed by atoms with Gasteiger partial charge in [-0.1, -0.05) is 26.0 Å². The summed E-state index contributed by atoms with van der Waals surface area (Å²) in [6.45, 7) is 6.54. The van der Waals surface area contributed by atoms with E-state index in [0.29, 0.717) is 35.7 Å². The summed E-state index contributed by atoms with van der Waals surface area (Å²) in [7, 11) is 0. The maximum Gasteiger partial charge on any atom is 0.156 e. The van der Waals surface area contributed by atoms with Crippen LogP contribution in [0, 0.1) is 34.5 Å². The Morgan fingerprint density at radius 3 is 2.65 bits per heavy atom. The lowest BCUT2D eigenvalue weighted by atomic mass is 9.48. The molecule has 4 aliphatic carbocycles. The van der Waals surface area contributed by atoms with Crippen LogP contribution >= 0.6 is 0 Å². The zero-order chi connectivity index (χ0) is 16.4. The number of allylic oxidation sites excluding steroid dienone is 4. The van der Waals surface area contributed by atoms with Gasteiger partial charge in [-0.3, -0.25) is 9.59 Å². The number of rotatable bonds is 1. The molecule has 2 heteroatoms. The van der Waals surface area contributed by atoms with Crippen molar-refractivity contribution in [2.24, 2.45) is 34.5 Å².